The van der Waals surface area contributed by atoms with Gasteiger partial charge in [0.1, 0.15) is 6.04 Å². The number of hydrogen-bond donors (Lipinski definition) is 3. The van der Waals surface area contributed by atoms with Gasteiger partial charge in [-0.05, 0) is 6.42 Å². The highest BCUT2D eigenvalue weighted by molar-refractivity contribution is 5.96. The molecule has 0 bridgehead atoms. The molecule has 0 aromatic carbocycles. The summed E-state index contributed by atoms with van der Waals surface area (Å²) in [7, 11) is 1.21. The van der Waals surface area contributed by atoms with Crippen molar-refractivity contribution < 1.29 is 24.2 Å². The van der Waals surface area contributed by atoms with Gasteiger partial charge < -0.3 is 15.2 Å². The summed E-state index contributed by atoms with van der Waals surface area (Å²) in [6.45, 7) is 0. The van der Waals surface area contributed by atoms with Crippen LogP contribution in [0.2, 0.25) is 0 Å². The van der Waals surface area contributed by atoms with E-state index in [1.807, 2.05) is 0 Å². The van der Waals surface area contributed by atoms with Crippen LogP contribution < -0.4 is 5.32 Å². The van der Waals surface area contributed by atoms with Gasteiger partial charge in [0.25, 0.3) is 5.91 Å². The molecule has 0 aliphatic rings. The number of H-pyrrole nitrogens is 1. The molecule has 0 radical (unpaired) electrons. The van der Waals surface area contributed by atoms with Crippen LogP contribution in [0.15, 0.2) is 12.4 Å². The molecule has 98 valence electrons. The molecule has 1 rings (SSSR count). The van der Waals surface area contributed by atoms with Gasteiger partial charge in [-0.2, -0.15) is 5.10 Å². The Morgan fingerprint density at radius 3 is 2.78 bits per heavy atom. The minimum atomic E-state index is -1.21. The smallest absolute Gasteiger partial charge is 0.326 e. The number of hydrogen-bond acceptors (Lipinski definition) is 5. The topological polar surface area (TPSA) is 121 Å². The maximum absolute atomic E-state index is 11.6. The number of carboxylic acid groups (broad SMARTS) is 1. The highest BCUT2D eigenvalue weighted by atomic mass is 16.5. The number of esters is 1. The molecule has 0 aliphatic heterocycles. The highest BCUT2D eigenvalue weighted by Crippen LogP contribution is 2.02. The fraction of sp³-hybridized carbons (Fsp3) is 0.400. The number of nitrogens with zero attached hydrogens (tertiary/aromatic N) is 1. The molecule has 1 heterocycles. The molecule has 0 spiro atoms. The van der Waals surface area contributed by atoms with E-state index in [1.165, 1.54) is 19.5 Å². The fourth-order valence-electron chi connectivity index (χ4n) is 1.24. The van der Waals surface area contributed by atoms with Crippen LogP contribution in [0.5, 0.6) is 0 Å². The number of carbonyl (C=O) groups excluding carboxylic acids is 2. The molecule has 1 aromatic rings. The zero-order valence-electron chi connectivity index (χ0n) is 9.67. The van der Waals surface area contributed by atoms with E-state index >= 15 is 0 Å². The summed E-state index contributed by atoms with van der Waals surface area (Å²) in [4.78, 5) is 33.4. The lowest BCUT2D eigenvalue weighted by molar-refractivity contribution is -0.142. The molecule has 1 unspecified atom stereocenters. The summed E-state index contributed by atoms with van der Waals surface area (Å²) in [5.74, 6) is -2.31. The minimum Gasteiger partial charge on any atom is -0.480 e. The van der Waals surface area contributed by atoms with Crippen LogP contribution >= 0.6 is 0 Å². The van der Waals surface area contributed by atoms with Gasteiger partial charge in [0.15, 0.2) is 0 Å². The van der Waals surface area contributed by atoms with Crippen LogP contribution in [0.25, 0.3) is 0 Å². The number of amides is 1. The number of methoxy groups -OCH3 is 1. The summed E-state index contributed by atoms with van der Waals surface area (Å²) < 4.78 is 4.40. The van der Waals surface area contributed by atoms with Gasteiger partial charge >= 0.3 is 11.9 Å². The van der Waals surface area contributed by atoms with E-state index in [0.717, 1.165) is 0 Å². The summed E-state index contributed by atoms with van der Waals surface area (Å²) in [5, 5.41) is 17.2. The quantitative estimate of drug-likeness (QED) is 0.592. The molecular formula is C10H13N3O5. The van der Waals surface area contributed by atoms with E-state index in [4.69, 9.17) is 5.11 Å². The van der Waals surface area contributed by atoms with Crippen molar-refractivity contribution >= 4 is 17.8 Å². The summed E-state index contributed by atoms with van der Waals surface area (Å²) >= 11 is 0. The van der Waals surface area contributed by atoms with Crippen molar-refractivity contribution in [3.8, 4) is 0 Å². The third-order valence-electron chi connectivity index (χ3n) is 2.23. The second kappa shape index (κ2) is 6.38. The van der Waals surface area contributed by atoms with Crippen LogP contribution in [0.4, 0.5) is 0 Å². The Bertz CT molecular complexity index is 429. The number of rotatable bonds is 6. The first kappa shape index (κ1) is 13.7. The number of nitrogens with one attached hydrogen (secondary N) is 2. The molecule has 3 N–H and O–H groups in total. The first-order valence-corrected chi connectivity index (χ1v) is 5.14. The Labute approximate surface area is 102 Å². The SMILES string of the molecule is COC(=O)CCC(NC(=O)c1cn[nH]c1)C(=O)O. The van der Waals surface area contributed by atoms with E-state index < -0.39 is 23.9 Å². The van der Waals surface area contributed by atoms with Gasteiger partial charge in [-0.3, -0.25) is 14.7 Å². The molecule has 0 saturated carbocycles. The molecule has 8 nitrogen and oxygen atoms in total. The number of aliphatic carboxylic acids is 1. The van der Waals surface area contributed by atoms with E-state index in [1.54, 1.807) is 0 Å². The molecular weight excluding hydrogens is 242 g/mol. The van der Waals surface area contributed by atoms with Crippen molar-refractivity contribution in [3.05, 3.63) is 18.0 Å². The predicted molar refractivity (Wildman–Crippen MR) is 58.7 cm³/mol. The normalized spacial score (nSPS) is 11.6. The standard InChI is InChI=1S/C10H13N3O5/c1-18-8(14)3-2-7(10(16)17)13-9(15)6-4-11-12-5-6/h4-5,7H,2-3H2,1H3,(H,11,12)(H,13,15)(H,16,17). The molecule has 1 amide bonds. The maximum Gasteiger partial charge on any atom is 0.326 e. The number of ether oxygens (including phenoxy) is 1. The molecule has 0 aliphatic carbocycles. The van der Waals surface area contributed by atoms with Crippen molar-refractivity contribution in [2.45, 2.75) is 18.9 Å². The minimum absolute atomic E-state index is 0.0361. The first-order chi connectivity index (χ1) is 8.54. The Hall–Kier alpha value is -2.38. The van der Waals surface area contributed by atoms with Gasteiger partial charge in [-0.1, -0.05) is 0 Å². The van der Waals surface area contributed by atoms with Gasteiger partial charge in [-0.15, -0.1) is 0 Å². The van der Waals surface area contributed by atoms with Crippen LogP contribution in [-0.4, -0.2) is 46.3 Å². The second-order valence-electron chi connectivity index (χ2n) is 3.47. The number of carboxylic acids is 1. The van der Waals surface area contributed by atoms with E-state index in [9.17, 15) is 14.4 Å². The van der Waals surface area contributed by atoms with E-state index in [-0.39, 0.29) is 18.4 Å². The third kappa shape index (κ3) is 3.89. The highest BCUT2D eigenvalue weighted by Gasteiger charge is 2.22. The van der Waals surface area contributed by atoms with Gasteiger partial charge in [0, 0.05) is 12.6 Å². The second-order valence-corrected chi connectivity index (χ2v) is 3.47. The monoisotopic (exact) mass is 255 g/mol. The van der Waals surface area contributed by atoms with Gasteiger partial charge in [-0.25, -0.2) is 4.79 Å². The number of carbonyl (C=O) groups is 3. The van der Waals surface area contributed by atoms with E-state index in [0.29, 0.717) is 0 Å². The Morgan fingerprint density at radius 2 is 2.28 bits per heavy atom. The molecule has 0 saturated heterocycles. The molecule has 8 heteroatoms. The van der Waals surface area contributed by atoms with Crippen LogP contribution in [0.1, 0.15) is 23.2 Å². The first-order valence-electron chi connectivity index (χ1n) is 5.14. The average Bonchev–Trinajstić information content (AvgIpc) is 2.87. The van der Waals surface area contributed by atoms with Crippen molar-refractivity contribution in [3.63, 3.8) is 0 Å². The Morgan fingerprint density at radius 1 is 1.56 bits per heavy atom. The molecule has 0 fully saturated rings. The zero-order valence-corrected chi connectivity index (χ0v) is 9.67. The molecule has 1 aromatic heterocycles. The van der Waals surface area contributed by atoms with Crippen molar-refractivity contribution in [2.24, 2.45) is 0 Å². The fourth-order valence-corrected chi connectivity index (χ4v) is 1.24. The Balaban J connectivity index is 2.55. The van der Waals surface area contributed by atoms with Crippen LogP contribution in [-0.2, 0) is 14.3 Å². The average molecular weight is 255 g/mol. The zero-order chi connectivity index (χ0) is 13.5. The largest absolute Gasteiger partial charge is 0.480 e. The van der Waals surface area contributed by atoms with Crippen LogP contribution in [0.3, 0.4) is 0 Å². The summed E-state index contributed by atoms with van der Waals surface area (Å²) in [5.41, 5.74) is 0.222. The van der Waals surface area contributed by atoms with Gasteiger partial charge in [0.2, 0.25) is 0 Å². The lowest BCUT2D eigenvalue weighted by Crippen LogP contribution is -2.41. The molecule has 18 heavy (non-hydrogen) atoms. The lowest BCUT2D eigenvalue weighted by atomic mass is 10.1. The third-order valence-corrected chi connectivity index (χ3v) is 2.23. The number of aromatic amines is 1. The maximum atomic E-state index is 11.6. The van der Waals surface area contributed by atoms with Crippen LogP contribution in [0, 0.1) is 0 Å². The summed E-state index contributed by atoms with van der Waals surface area (Å²) in [6.07, 6.45) is 2.49. The molecule has 1 atom stereocenters. The van der Waals surface area contributed by atoms with Crippen molar-refractivity contribution in [1.29, 1.82) is 0 Å². The summed E-state index contributed by atoms with van der Waals surface area (Å²) in [6, 6.07) is -1.15. The van der Waals surface area contributed by atoms with Crippen molar-refractivity contribution in [2.75, 3.05) is 7.11 Å². The van der Waals surface area contributed by atoms with Crippen molar-refractivity contribution in [1.82, 2.24) is 15.5 Å². The van der Waals surface area contributed by atoms with E-state index in [2.05, 4.69) is 20.3 Å². The predicted octanol–water partition coefficient (Wildman–Crippen LogP) is -0.454. The Kier molecular flexibility index (Phi) is 4.85. The van der Waals surface area contributed by atoms with Gasteiger partial charge in [0.05, 0.1) is 18.9 Å². The lowest BCUT2D eigenvalue weighted by Gasteiger charge is -2.12. The number of aromatic nitrogens is 2.